The SMILES string of the molecule is COC(=O)c1ccc(Nc2nc(N3CCOCC3)nc3ccn(C)c(=O)c23)cc1. The molecule has 9 nitrogen and oxygen atoms in total. The van der Waals surface area contributed by atoms with E-state index in [0.717, 1.165) is 0 Å². The van der Waals surface area contributed by atoms with Crippen molar-refractivity contribution < 1.29 is 14.3 Å². The highest BCUT2D eigenvalue weighted by Gasteiger charge is 2.18. The van der Waals surface area contributed by atoms with Crippen LogP contribution in [0.15, 0.2) is 41.3 Å². The Hall–Kier alpha value is -3.46. The zero-order valence-corrected chi connectivity index (χ0v) is 16.2. The molecule has 1 fully saturated rings. The minimum Gasteiger partial charge on any atom is -0.465 e. The van der Waals surface area contributed by atoms with Crippen LogP contribution in [0.25, 0.3) is 10.9 Å². The highest BCUT2D eigenvalue weighted by Crippen LogP contribution is 2.25. The lowest BCUT2D eigenvalue weighted by Crippen LogP contribution is -2.37. The van der Waals surface area contributed by atoms with Crippen LogP contribution in [0.2, 0.25) is 0 Å². The topological polar surface area (TPSA) is 98.6 Å². The number of esters is 1. The molecule has 1 aromatic carbocycles. The molecule has 0 bridgehead atoms. The van der Waals surface area contributed by atoms with Crippen LogP contribution in [0, 0.1) is 0 Å². The first-order chi connectivity index (χ1) is 14.1. The van der Waals surface area contributed by atoms with E-state index in [1.54, 1.807) is 43.6 Å². The summed E-state index contributed by atoms with van der Waals surface area (Å²) in [6.45, 7) is 2.58. The number of rotatable bonds is 4. The Morgan fingerprint density at radius 1 is 1.14 bits per heavy atom. The number of hydrogen-bond acceptors (Lipinski definition) is 8. The molecule has 4 rings (SSSR count). The first kappa shape index (κ1) is 18.9. The minimum absolute atomic E-state index is 0.190. The fourth-order valence-corrected chi connectivity index (χ4v) is 3.16. The maximum Gasteiger partial charge on any atom is 0.337 e. The van der Waals surface area contributed by atoms with Crippen molar-refractivity contribution in [3.63, 3.8) is 0 Å². The monoisotopic (exact) mass is 395 g/mol. The van der Waals surface area contributed by atoms with E-state index in [1.807, 2.05) is 4.90 Å². The molecule has 150 valence electrons. The van der Waals surface area contributed by atoms with Gasteiger partial charge in [-0.15, -0.1) is 0 Å². The number of morpholine rings is 1. The molecule has 0 spiro atoms. The van der Waals surface area contributed by atoms with E-state index in [1.165, 1.54) is 11.7 Å². The summed E-state index contributed by atoms with van der Waals surface area (Å²) in [7, 11) is 3.02. The molecule has 1 aliphatic heterocycles. The number of fused-ring (bicyclic) bond motifs is 1. The molecular weight excluding hydrogens is 374 g/mol. The molecule has 2 aromatic heterocycles. The van der Waals surface area contributed by atoms with Crippen LogP contribution in [0.1, 0.15) is 10.4 Å². The Balaban J connectivity index is 1.77. The van der Waals surface area contributed by atoms with Gasteiger partial charge in [0.05, 0.1) is 31.4 Å². The third kappa shape index (κ3) is 3.77. The Kier molecular flexibility index (Phi) is 5.13. The summed E-state index contributed by atoms with van der Waals surface area (Å²) in [5.41, 5.74) is 1.51. The van der Waals surface area contributed by atoms with Gasteiger partial charge in [0, 0.05) is 32.0 Å². The number of carbonyl (C=O) groups is 1. The van der Waals surface area contributed by atoms with E-state index < -0.39 is 5.97 Å². The number of nitrogens with zero attached hydrogens (tertiary/aromatic N) is 4. The summed E-state index contributed by atoms with van der Waals surface area (Å²) in [4.78, 5) is 35.7. The van der Waals surface area contributed by atoms with Gasteiger partial charge in [-0.05, 0) is 30.3 Å². The second-order valence-electron chi connectivity index (χ2n) is 6.66. The van der Waals surface area contributed by atoms with Gasteiger partial charge in [0.25, 0.3) is 5.56 Å². The van der Waals surface area contributed by atoms with Gasteiger partial charge in [-0.1, -0.05) is 0 Å². The number of pyridine rings is 1. The van der Waals surface area contributed by atoms with E-state index >= 15 is 0 Å². The quantitative estimate of drug-likeness (QED) is 0.667. The lowest BCUT2D eigenvalue weighted by Gasteiger charge is -2.27. The second kappa shape index (κ2) is 7.88. The summed E-state index contributed by atoms with van der Waals surface area (Å²) < 4.78 is 11.6. The summed E-state index contributed by atoms with van der Waals surface area (Å²) in [5, 5.41) is 3.61. The van der Waals surface area contributed by atoms with Crippen molar-refractivity contribution in [2.45, 2.75) is 0 Å². The largest absolute Gasteiger partial charge is 0.465 e. The number of methoxy groups -OCH3 is 1. The molecule has 9 heteroatoms. The normalized spacial score (nSPS) is 14.1. The van der Waals surface area contributed by atoms with E-state index in [9.17, 15) is 9.59 Å². The van der Waals surface area contributed by atoms with Gasteiger partial charge >= 0.3 is 5.97 Å². The van der Waals surface area contributed by atoms with Crippen LogP contribution < -0.4 is 15.8 Å². The van der Waals surface area contributed by atoms with Crippen molar-refractivity contribution in [3.05, 3.63) is 52.4 Å². The molecule has 0 aliphatic carbocycles. The van der Waals surface area contributed by atoms with Crippen molar-refractivity contribution in [3.8, 4) is 0 Å². The predicted molar refractivity (Wildman–Crippen MR) is 109 cm³/mol. The van der Waals surface area contributed by atoms with Crippen LogP contribution in [0.5, 0.6) is 0 Å². The fourth-order valence-electron chi connectivity index (χ4n) is 3.16. The second-order valence-corrected chi connectivity index (χ2v) is 6.66. The predicted octanol–water partition coefficient (Wildman–Crippen LogP) is 1.70. The lowest BCUT2D eigenvalue weighted by molar-refractivity contribution is 0.0601. The van der Waals surface area contributed by atoms with E-state index in [2.05, 4.69) is 15.3 Å². The third-order valence-corrected chi connectivity index (χ3v) is 4.78. The molecule has 1 aliphatic rings. The highest BCUT2D eigenvalue weighted by molar-refractivity contribution is 5.92. The van der Waals surface area contributed by atoms with Crippen molar-refractivity contribution >= 4 is 34.3 Å². The highest BCUT2D eigenvalue weighted by atomic mass is 16.5. The number of benzene rings is 1. The smallest absolute Gasteiger partial charge is 0.337 e. The molecule has 3 heterocycles. The van der Waals surface area contributed by atoms with Gasteiger partial charge < -0.3 is 24.3 Å². The summed E-state index contributed by atoms with van der Waals surface area (Å²) in [6.07, 6.45) is 1.69. The molecule has 0 amide bonds. The van der Waals surface area contributed by atoms with Crippen LogP contribution in [-0.4, -0.2) is 53.9 Å². The van der Waals surface area contributed by atoms with E-state index in [0.29, 0.717) is 60.2 Å². The van der Waals surface area contributed by atoms with Crippen molar-refractivity contribution in [2.75, 3.05) is 43.6 Å². The Morgan fingerprint density at radius 3 is 2.55 bits per heavy atom. The lowest BCUT2D eigenvalue weighted by atomic mass is 10.2. The van der Waals surface area contributed by atoms with Gasteiger partial charge in [0.2, 0.25) is 5.95 Å². The molecule has 0 radical (unpaired) electrons. The van der Waals surface area contributed by atoms with Gasteiger partial charge in [-0.2, -0.15) is 4.98 Å². The Morgan fingerprint density at radius 2 is 1.86 bits per heavy atom. The maximum absolute atomic E-state index is 12.8. The van der Waals surface area contributed by atoms with Crippen molar-refractivity contribution in [2.24, 2.45) is 7.05 Å². The molecule has 0 unspecified atom stereocenters. The molecule has 3 aromatic rings. The third-order valence-electron chi connectivity index (χ3n) is 4.78. The standard InChI is InChI=1S/C20H21N5O4/c1-24-8-7-15-16(18(24)26)17(23-20(22-15)25-9-11-29-12-10-25)21-14-5-3-13(4-6-14)19(27)28-2/h3-8H,9-12H2,1-2H3,(H,21,22,23). The Bertz CT molecular complexity index is 1100. The number of aromatic nitrogens is 3. The fraction of sp³-hybridized carbons (Fsp3) is 0.300. The molecule has 1 N–H and O–H groups in total. The number of aryl methyl sites for hydroxylation is 1. The molecule has 0 saturated carbocycles. The van der Waals surface area contributed by atoms with Gasteiger partial charge in [0.15, 0.2) is 0 Å². The maximum atomic E-state index is 12.8. The van der Waals surface area contributed by atoms with E-state index in [-0.39, 0.29) is 5.56 Å². The first-order valence-electron chi connectivity index (χ1n) is 9.22. The number of carbonyl (C=O) groups excluding carboxylic acids is 1. The summed E-state index contributed by atoms with van der Waals surface area (Å²) in [6, 6.07) is 8.58. The minimum atomic E-state index is -0.410. The number of anilines is 3. The first-order valence-corrected chi connectivity index (χ1v) is 9.22. The zero-order chi connectivity index (χ0) is 20.4. The van der Waals surface area contributed by atoms with Gasteiger partial charge in [-0.25, -0.2) is 9.78 Å². The molecular formula is C20H21N5O4. The molecule has 29 heavy (non-hydrogen) atoms. The Labute approximate surface area is 166 Å². The molecule has 0 atom stereocenters. The van der Waals surface area contributed by atoms with Crippen molar-refractivity contribution in [1.82, 2.24) is 14.5 Å². The van der Waals surface area contributed by atoms with Crippen LogP contribution in [-0.2, 0) is 16.5 Å². The van der Waals surface area contributed by atoms with Crippen LogP contribution in [0.3, 0.4) is 0 Å². The van der Waals surface area contributed by atoms with E-state index in [4.69, 9.17) is 9.47 Å². The summed E-state index contributed by atoms with van der Waals surface area (Å²) in [5.74, 6) is 0.554. The number of hydrogen-bond donors (Lipinski definition) is 1. The zero-order valence-electron chi connectivity index (χ0n) is 16.2. The average molecular weight is 395 g/mol. The van der Waals surface area contributed by atoms with Crippen molar-refractivity contribution in [1.29, 1.82) is 0 Å². The average Bonchev–Trinajstić information content (AvgIpc) is 2.76. The van der Waals surface area contributed by atoms with Crippen LogP contribution >= 0.6 is 0 Å². The summed E-state index contributed by atoms with van der Waals surface area (Å²) >= 11 is 0. The number of ether oxygens (including phenoxy) is 2. The van der Waals surface area contributed by atoms with Gasteiger partial charge in [-0.3, -0.25) is 4.79 Å². The van der Waals surface area contributed by atoms with Gasteiger partial charge in [0.1, 0.15) is 11.2 Å². The molecule has 1 saturated heterocycles. The number of nitrogens with one attached hydrogen (secondary N) is 1. The van der Waals surface area contributed by atoms with Crippen LogP contribution in [0.4, 0.5) is 17.5 Å².